The van der Waals surface area contributed by atoms with Crippen LogP contribution in [0.1, 0.15) is 60.8 Å². The van der Waals surface area contributed by atoms with E-state index in [2.05, 4.69) is 41.6 Å². The Morgan fingerprint density at radius 2 is 0.976 bits per heavy atom. The summed E-state index contributed by atoms with van der Waals surface area (Å²) in [5.41, 5.74) is 4.84. The van der Waals surface area contributed by atoms with Crippen molar-refractivity contribution in [2.45, 2.75) is 26.3 Å². The Morgan fingerprint density at radius 3 is 1.37 bits per heavy atom. The molecule has 0 bridgehead atoms. The molecule has 1 atom stereocenters. The number of amides is 1. The standard InChI is InChI=1S/C20H18FN3O2.C13H13FN2O2.C11H9FN2O2.C7H9BrN2O2.C6H6BFO2.K.H2O/c1-24-12-18(19(23-24)15-8-5-9-16(21)11-15)20(26)22-17(13-25)10-14-6-3-2-4-7-14;1-3-18-13(17)11-8-16(2)15-12(11)9-5-4-6-10(14)7-9;1-14-6-9(11(15)16)10(13-14)7-3-2-4-8(12)5-7;1-3-12-7(11)5-4-10(2)9-6(5)8;8-6-3-1-2-5(4-6)7(9)10;;/h2-9,11-13,17H,10H2,1H3,(H,22,26);4-8H,3H2,1-2H3;2-6H,1H3,(H,15,16);4H,3H2,1-2H3;1-4,9-10H;;1H2/q;;;;;+1;/p-1/t17-;;;;;;/m0....../s1. The molecule has 84 heavy (non-hydrogen) atoms. The number of ether oxygens (including phenoxy) is 2. The van der Waals surface area contributed by atoms with Crippen molar-refractivity contribution in [2.75, 3.05) is 13.2 Å². The SMILES string of the molecule is CCOC(=O)c1cn(C)nc1-c1cccc(F)c1.CCOC(=O)c1cn(C)nc1Br.Cn1cc(C(=O)N[C@H](C=O)Cc2ccccc2)c(-c2cccc(F)c2)n1.Cn1cc(C(=O)O)c(-c2cccc(F)c2)n1.OB(O)c1cccc(F)c1.[K+].[OH-]. The number of aromatic nitrogens is 8. The monoisotopic (exact) mass is 1250 g/mol. The number of nitrogens with zero attached hydrogens (tertiary/aromatic N) is 8. The molecule has 4 heterocycles. The number of hydrogen-bond acceptors (Lipinski definition) is 14. The van der Waals surface area contributed by atoms with E-state index in [0.717, 1.165) is 11.6 Å². The van der Waals surface area contributed by atoms with Gasteiger partial charge in [0.1, 0.15) is 67.9 Å². The van der Waals surface area contributed by atoms with E-state index in [-0.39, 0.29) is 97.5 Å². The molecule has 9 aromatic rings. The predicted molar refractivity (Wildman–Crippen MR) is 301 cm³/mol. The minimum absolute atomic E-state index is 0. The second-order valence-electron chi connectivity index (χ2n) is 17.3. The van der Waals surface area contributed by atoms with Crippen LogP contribution in [-0.2, 0) is 48.9 Å². The number of aryl methyl sites for hydroxylation is 4. The second kappa shape index (κ2) is 34.8. The minimum Gasteiger partial charge on any atom is -0.870 e. The van der Waals surface area contributed by atoms with Gasteiger partial charge in [-0.25, -0.2) is 31.9 Å². The first-order valence-electron chi connectivity index (χ1n) is 24.7. The van der Waals surface area contributed by atoms with Gasteiger partial charge in [0.05, 0.1) is 24.8 Å². The third-order valence-electron chi connectivity index (χ3n) is 11.0. The maximum absolute atomic E-state index is 13.5. The van der Waals surface area contributed by atoms with Crippen molar-refractivity contribution in [3.8, 4) is 33.8 Å². The number of halogens is 5. The number of nitrogens with one attached hydrogen (secondary N) is 1. The van der Waals surface area contributed by atoms with E-state index in [4.69, 9.17) is 24.6 Å². The second-order valence-corrected chi connectivity index (χ2v) is 18.1. The molecule has 0 aliphatic rings. The molecule has 0 fully saturated rings. The van der Waals surface area contributed by atoms with Gasteiger partial charge in [0, 0.05) is 69.7 Å². The number of aromatic carboxylic acids is 1. The summed E-state index contributed by atoms with van der Waals surface area (Å²) in [6, 6.07) is 31.5. The van der Waals surface area contributed by atoms with Gasteiger partial charge in [0.2, 0.25) is 0 Å². The minimum atomic E-state index is -1.59. The third kappa shape index (κ3) is 21.5. The largest absolute Gasteiger partial charge is 1.00 e. The molecule has 434 valence electrons. The Bertz CT molecular complexity index is 3620. The molecule has 0 saturated carbocycles. The number of esters is 2. The quantitative estimate of drug-likeness (QED) is 0.0493. The van der Waals surface area contributed by atoms with Crippen LogP contribution in [0.3, 0.4) is 0 Å². The van der Waals surface area contributed by atoms with Crippen molar-refractivity contribution in [1.82, 2.24) is 44.4 Å². The number of carbonyl (C=O) groups is 5. The molecule has 5 N–H and O–H groups in total. The average Bonchev–Trinajstić information content (AvgIpc) is 3.49. The molecule has 1 amide bonds. The Kier molecular flexibility index (Phi) is 29.2. The van der Waals surface area contributed by atoms with Crippen LogP contribution < -0.4 is 62.2 Å². The molecule has 4 aromatic heterocycles. The fourth-order valence-electron chi connectivity index (χ4n) is 7.41. The normalized spacial score (nSPS) is 10.4. The van der Waals surface area contributed by atoms with Gasteiger partial charge in [-0.2, -0.15) is 20.4 Å². The van der Waals surface area contributed by atoms with E-state index < -0.39 is 48.5 Å². The molecule has 0 saturated heterocycles. The summed E-state index contributed by atoms with van der Waals surface area (Å²) in [4.78, 5) is 58.0. The molecule has 0 unspecified atom stereocenters. The molecule has 0 aliphatic carbocycles. The summed E-state index contributed by atoms with van der Waals surface area (Å²) >= 11 is 3.15. The number of carboxylic acids is 1. The van der Waals surface area contributed by atoms with Crippen LogP contribution >= 0.6 is 15.9 Å². The Morgan fingerprint density at radius 1 is 0.583 bits per heavy atom. The Labute approximate surface area is 531 Å². The first-order valence-corrected chi connectivity index (χ1v) is 25.5. The Hall–Kier alpha value is -7.73. The van der Waals surface area contributed by atoms with Crippen LogP contribution in [0.5, 0.6) is 0 Å². The van der Waals surface area contributed by atoms with E-state index in [0.29, 0.717) is 63.1 Å². The van der Waals surface area contributed by atoms with Gasteiger partial charge < -0.3 is 40.2 Å². The van der Waals surface area contributed by atoms with Gasteiger partial charge in [-0.05, 0) is 95.8 Å². The fourth-order valence-corrected chi connectivity index (χ4v) is 7.93. The van der Waals surface area contributed by atoms with Crippen molar-refractivity contribution < 1.29 is 123 Å². The van der Waals surface area contributed by atoms with E-state index in [9.17, 15) is 41.5 Å². The average molecular weight is 1250 g/mol. The van der Waals surface area contributed by atoms with Gasteiger partial charge in [0.15, 0.2) is 0 Å². The number of benzene rings is 5. The number of aldehydes is 1. The van der Waals surface area contributed by atoms with Gasteiger partial charge in [0.25, 0.3) is 5.91 Å². The van der Waals surface area contributed by atoms with Crippen molar-refractivity contribution in [3.63, 3.8) is 0 Å². The topological polar surface area (TPSA) is 278 Å². The number of hydrogen-bond donors (Lipinski definition) is 4. The van der Waals surface area contributed by atoms with Crippen LogP contribution in [0, 0.1) is 23.3 Å². The zero-order valence-electron chi connectivity index (χ0n) is 46.4. The van der Waals surface area contributed by atoms with E-state index in [1.807, 2.05) is 30.3 Å². The maximum atomic E-state index is 13.5. The summed E-state index contributed by atoms with van der Waals surface area (Å²) in [7, 11) is 5.16. The molecule has 5 aromatic carbocycles. The molecule has 0 spiro atoms. The van der Waals surface area contributed by atoms with E-state index >= 15 is 0 Å². The number of rotatable bonds is 14. The third-order valence-corrected chi connectivity index (χ3v) is 11.5. The van der Waals surface area contributed by atoms with Crippen LogP contribution in [0.25, 0.3) is 33.8 Å². The van der Waals surface area contributed by atoms with Crippen molar-refractivity contribution >= 4 is 58.6 Å². The Balaban J connectivity index is 0.000000284. The molecule has 0 aliphatic heterocycles. The summed E-state index contributed by atoms with van der Waals surface area (Å²) in [6.07, 6.45) is 7.23. The molecule has 27 heteroatoms. The van der Waals surface area contributed by atoms with Gasteiger partial charge >= 0.3 is 76.4 Å². The molecular weight excluding hydrogens is 1190 g/mol. The molecule has 20 nitrogen and oxygen atoms in total. The first kappa shape index (κ1) is 70.5. The summed E-state index contributed by atoms with van der Waals surface area (Å²) in [5, 5.41) is 45.1. The van der Waals surface area contributed by atoms with Crippen molar-refractivity contribution in [2.24, 2.45) is 28.2 Å². The van der Waals surface area contributed by atoms with Crippen molar-refractivity contribution in [3.05, 3.63) is 208 Å². The van der Waals surface area contributed by atoms with E-state index in [1.54, 1.807) is 95.6 Å². The summed E-state index contributed by atoms with van der Waals surface area (Å²) in [5.74, 6) is -3.97. The van der Waals surface area contributed by atoms with E-state index in [1.165, 1.54) is 80.9 Å². The van der Waals surface area contributed by atoms with Crippen molar-refractivity contribution in [1.29, 1.82) is 0 Å². The zero-order valence-corrected chi connectivity index (χ0v) is 51.1. The van der Waals surface area contributed by atoms with Gasteiger partial charge in [-0.15, -0.1) is 0 Å². The van der Waals surface area contributed by atoms with Crippen LogP contribution in [0.15, 0.2) is 157 Å². The fraction of sp³-hybridized carbons (Fsp3) is 0.175. The number of carboxylic acid groups (broad SMARTS) is 1. The van der Waals surface area contributed by atoms with Gasteiger partial charge in [-0.3, -0.25) is 23.5 Å². The summed E-state index contributed by atoms with van der Waals surface area (Å²) < 4.78 is 68.2. The van der Waals surface area contributed by atoms with Crippen LogP contribution in [-0.4, -0.2) is 116 Å². The molecule has 9 rings (SSSR count). The van der Waals surface area contributed by atoms with Crippen LogP contribution in [0.4, 0.5) is 17.6 Å². The summed E-state index contributed by atoms with van der Waals surface area (Å²) in [6.45, 7) is 4.16. The zero-order chi connectivity index (χ0) is 60.0. The molecular formula is C57H56BBrF4KN9O11. The first-order chi connectivity index (χ1) is 39.1. The number of carbonyl (C=O) groups excluding carboxylic acids is 4. The van der Waals surface area contributed by atoms with Gasteiger partial charge in [-0.1, -0.05) is 78.9 Å². The van der Waals surface area contributed by atoms with Crippen LogP contribution in [0.2, 0.25) is 0 Å². The molecule has 0 radical (unpaired) electrons. The smallest absolute Gasteiger partial charge is 0.870 e. The maximum Gasteiger partial charge on any atom is 1.00 e. The predicted octanol–water partition coefficient (Wildman–Crippen LogP) is 4.79.